The third-order valence-electron chi connectivity index (χ3n) is 2.83. The Bertz CT molecular complexity index is 151. The van der Waals surface area contributed by atoms with Crippen molar-refractivity contribution in [2.24, 2.45) is 0 Å². The number of rotatable bonds is 0. The van der Waals surface area contributed by atoms with E-state index < -0.39 is 0 Å². The Morgan fingerprint density at radius 1 is 1.50 bits per heavy atom. The summed E-state index contributed by atoms with van der Waals surface area (Å²) in [6.07, 6.45) is 1.34. The molecule has 1 N–H and O–H groups in total. The average molecular weight is 186 g/mol. The maximum absolute atomic E-state index is 3.55. The fraction of sp³-hybridized carbons (Fsp3) is 1.00. The fourth-order valence-electron chi connectivity index (χ4n) is 2.11. The molecule has 70 valence electrons. The zero-order chi connectivity index (χ0) is 8.39. The molecule has 0 aromatic heterocycles. The highest BCUT2D eigenvalue weighted by molar-refractivity contribution is 7.99. The van der Waals surface area contributed by atoms with Gasteiger partial charge >= 0.3 is 0 Å². The molecule has 2 unspecified atom stereocenters. The van der Waals surface area contributed by atoms with E-state index in [-0.39, 0.29) is 0 Å². The molecule has 2 aliphatic heterocycles. The molecular formula is C9H18N2S. The molecule has 2 atom stereocenters. The monoisotopic (exact) mass is 186 g/mol. The largest absolute Gasteiger partial charge is 0.313 e. The summed E-state index contributed by atoms with van der Waals surface area (Å²) >= 11 is 2.12. The van der Waals surface area contributed by atoms with Crippen LogP contribution in [-0.2, 0) is 0 Å². The Kier molecular flexibility index (Phi) is 2.94. The van der Waals surface area contributed by atoms with Gasteiger partial charge in [-0.15, -0.1) is 0 Å². The van der Waals surface area contributed by atoms with E-state index in [0.717, 1.165) is 6.04 Å². The van der Waals surface area contributed by atoms with E-state index in [1.165, 1.54) is 37.6 Å². The number of thioether (sulfide) groups is 1. The van der Waals surface area contributed by atoms with E-state index in [1.807, 2.05) is 0 Å². The molecule has 2 heterocycles. The molecule has 2 rings (SSSR count). The van der Waals surface area contributed by atoms with Gasteiger partial charge in [0, 0.05) is 36.7 Å². The number of hydrogen-bond acceptors (Lipinski definition) is 3. The molecule has 2 nitrogen and oxygen atoms in total. The number of hydrogen-bond donors (Lipinski definition) is 1. The normalized spacial score (nSPS) is 38.8. The first kappa shape index (κ1) is 8.85. The summed E-state index contributed by atoms with van der Waals surface area (Å²) in [6.45, 7) is 6.07. The summed E-state index contributed by atoms with van der Waals surface area (Å²) in [4.78, 5) is 2.67. The minimum absolute atomic E-state index is 0.693. The summed E-state index contributed by atoms with van der Waals surface area (Å²) in [5, 5.41) is 3.55. The van der Waals surface area contributed by atoms with Crippen LogP contribution in [0.2, 0.25) is 0 Å². The first-order valence-corrected chi connectivity index (χ1v) is 6.07. The number of nitrogens with zero attached hydrogens (tertiary/aromatic N) is 1. The van der Waals surface area contributed by atoms with E-state index in [1.54, 1.807) is 0 Å². The Hall–Kier alpha value is 0.270. The second-order valence-electron chi connectivity index (χ2n) is 3.87. The maximum Gasteiger partial charge on any atom is 0.0199 e. The highest BCUT2D eigenvalue weighted by Gasteiger charge is 2.25. The van der Waals surface area contributed by atoms with Crippen LogP contribution in [0, 0.1) is 0 Å². The SMILES string of the molecule is CC1CN2CCSCC2CCN1. The third-order valence-corrected chi connectivity index (χ3v) is 3.92. The van der Waals surface area contributed by atoms with Crippen molar-refractivity contribution in [2.75, 3.05) is 31.1 Å². The van der Waals surface area contributed by atoms with Gasteiger partial charge in [-0.1, -0.05) is 0 Å². The van der Waals surface area contributed by atoms with Gasteiger partial charge in [0.1, 0.15) is 0 Å². The van der Waals surface area contributed by atoms with Gasteiger partial charge in [0.2, 0.25) is 0 Å². The van der Waals surface area contributed by atoms with Crippen LogP contribution in [0.4, 0.5) is 0 Å². The Balaban J connectivity index is 1.96. The molecule has 0 saturated carbocycles. The van der Waals surface area contributed by atoms with Gasteiger partial charge < -0.3 is 5.32 Å². The van der Waals surface area contributed by atoms with Crippen LogP contribution in [0.5, 0.6) is 0 Å². The van der Waals surface area contributed by atoms with Gasteiger partial charge in [-0.3, -0.25) is 4.90 Å². The predicted octanol–water partition coefficient (Wildman–Crippen LogP) is 0.786. The van der Waals surface area contributed by atoms with E-state index >= 15 is 0 Å². The second-order valence-corrected chi connectivity index (χ2v) is 5.02. The lowest BCUT2D eigenvalue weighted by Crippen LogP contribution is -2.44. The molecular weight excluding hydrogens is 168 g/mol. The average Bonchev–Trinajstić information content (AvgIpc) is 2.25. The third kappa shape index (κ3) is 1.95. The maximum atomic E-state index is 3.55. The van der Waals surface area contributed by atoms with Crippen LogP contribution in [0.1, 0.15) is 13.3 Å². The van der Waals surface area contributed by atoms with Crippen molar-refractivity contribution in [3.63, 3.8) is 0 Å². The molecule has 12 heavy (non-hydrogen) atoms. The summed E-state index contributed by atoms with van der Waals surface area (Å²) in [6, 6.07) is 1.55. The molecule has 3 heteroatoms. The summed E-state index contributed by atoms with van der Waals surface area (Å²) in [5.41, 5.74) is 0. The number of nitrogens with one attached hydrogen (secondary N) is 1. The van der Waals surface area contributed by atoms with Gasteiger partial charge in [0.15, 0.2) is 0 Å². The van der Waals surface area contributed by atoms with Gasteiger partial charge in [-0.25, -0.2) is 0 Å². The molecule has 0 amide bonds. The van der Waals surface area contributed by atoms with Crippen molar-refractivity contribution in [1.29, 1.82) is 0 Å². The van der Waals surface area contributed by atoms with Crippen LogP contribution in [-0.4, -0.2) is 48.1 Å². The Labute approximate surface area is 79.1 Å². The van der Waals surface area contributed by atoms with E-state index in [9.17, 15) is 0 Å². The lowest BCUT2D eigenvalue weighted by atomic mass is 10.2. The summed E-state index contributed by atoms with van der Waals surface area (Å²) < 4.78 is 0. The van der Waals surface area contributed by atoms with Crippen molar-refractivity contribution in [2.45, 2.75) is 25.4 Å². The van der Waals surface area contributed by atoms with Crippen LogP contribution < -0.4 is 5.32 Å². The van der Waals surface area contributed by atoms with Crippen molar-refractivity contribution in [1.82, 2.24) is 10.2 Å². The quantitative estimate of drug-likeness (QED) is 0.602. The Morgan fingerprint density at radius 3 is 3.33 bits per heavy atom. The summed E-state index contributed by atoms with van der Waals surface area (Å²) in [5.74, 6) is 2.69. The van der Waals surface area contributed by atoms with Crippen molar-refractivity contribution in [3.8, 4) is 0 Å². The molecule has 0 radical (unpaired) electrons. The van der Waals surface area contributed by atoms with E-state index in [4.69, 9.17) is 0 Å². The van der Waals surface area contributed by atoms with Gasteiger partial charge in [0.05, 0.1) is 0 Å². The summed E-state index contributed by atoms with van der Waals surface area (Å²) in [7, 11) is 0. The zero-order valence-corrected chi connectivity index (χ0v) is 8.57. The lowest BCUT2D eigenvalue weighted by molar-refractivity contribution is 0.218. The van der Waals surface area contributed by atoms with Gasteiger partial charge in [-0.05, 0) is 19.9 Å². The molecule has 0 aromatic rings. The molecule has 2 fully saturated rings. The molecule has 2 aliphatic rings. The zero-order valence-electron chi connectivity index (χ0n) is 7.75. The van der Waals surface area contributed by atoms with Crippen LogP contribution in [0.15, 0.2) is 0 Å². The van der Waals surface area contributed by atoms with Crippen molar-refractivity contribution < 1.29 is 0 Å². The second kappa shape index (κ2) is 3.99. The molecule has 0 aromatic carbocycles. The first-order chi connectivity index (χ1) is 5.86. The minimum Gasteiger partial charge on any atom is -0.313 e. The van der Waals surface area contributed by atoms with Crippen molar-refractivity contribution >= 4 is 11.8 Å². The highest BCUT2D eigenvalue weighted by atomic mass is 32.2. The molecule has 0 bridgehead atoms. The fourth-order valence-corrected chi connectivity index (χ4v) is 3.29. The van der Waals surface area contributed by atoms with Crippen LogP contribution in [0.25, 0.3) is 0 Å². The molecule has 2 saturated heterocycles. The number of fused-ring (bicyclic) bond motifs is 1. The lowest BCUT2D eigenvalue weighted by Gasteiger charge is -2.34. The Morgan fingerprint density at radius 2 is 2.42 bits per heavy atom. The predicted molar refractivity (Wildman–Crippen MR) is 54.8 cm³/mol. The van der Waals surface area contributed by atoms with Gasteiger partial charge in [-0.2, -0.15) is 11.8 Å². The standard InChI is InChI=1S/C9H18N2S/c1-8-6-11-4-5-12-7-9(11)2-3-10-8/h8-10H,2-7H2,1H3. The first-order valence-electron chi connectivity index (χ1n) is 4.91. The van der Waals surface area contributed by atoms with E-state index in [2.05, 4.69) is 28.9 Å². The topological polar surface area (TPSA) is 15.3 Å². The van der Waals surface area contributed by atoms with Crippen molar-refractivity contribution in [3.05, 3.63) is 0 Å². The molecule has 0 spiro atoms. The molecule has 0 aliphatic carbocycles. The van der Waals surface area contributed by atoms with Crippen LogP contribution in [0.3, 0.4) is 0 Å². The van der Waals surface area contributed by atoms with Gasteiger partial charge in [0.25, 0.3) is 0 Å². The van der Waals surface area contributed by atoms with E-state index in [0.29, 0.717) is 6.04 Å². The minimum atomic E-state index is 0.693. The smallest absolute Gasteiger partial charge is 0.0199 e. The highest BCUT2D eigenvalue weighted by Crippen LogP contribution is 2.20. The van der Waals surface area contributed by atoms with Crippen LogP contribution >= 0.6 is 11.8 Å².